The zero-order valence-corrected chi connectivity index (χ0v) is 22.6. The summed E-state index contributed by atoms with van der Waals surface area (Å²) in [6.45, 7) is 3.98. The maximum absolute atomic E-state index is 13.7. The van der Waals surface area contributed by atoms with Crippen LogP contribution in [0, 0.1) is 10.1 Å². The van der Waals surface area contributed by atoms with Crippen LogP contribution >= 0.6 is 11.3 Å². The normalized spacial score (nSPS) is 14.8. The molecule has 1 aliphatic rings. The summed E-state index contributed by atoms with van der Waals surface area (Å²) in [5.41, 5.74) is 3.05. The topological polar surface area (TPSA) is 113 Å². The molecule has 1 aliphatic heterocycles. The third kappa shape index (κ3) is 5.48. The first-order valence-corrected chi connectivity index (χ1v) is 13.4. The smallest absolute Gasteiger partial charge is 0.338 e. The van der Waals surface area contributed by atoms with E-state index in [1.54, 1.807) is 48.8 Å². The van der Waals surface area contributed by atoms with Crippen LogP contribution in [0.4, 0.5) is 5.69 Å². The Morgan fingerprint density at radius 3 is 2.42 bits per heavy atom. The number of thiazole rings is 1. The molecule has 4 aromatic rings. The molecule has 0 saturated carbocycles. The summed E-state index contributed by atoms with van der Waals surface area (Å²) in [4.78, 5) is 42.1. The molecule has 0 fully saturated rings. The van der Waals surface area contributed by atoms with Gasteiger partial charge in [0, 0.05) is 12.1 Å². The van der Waals surface area contributed by atoms with Crippen LogP contribution in [-0.4, -0.2) is 22.1 Å². The third-order valence-corrected chi connectivity index (χ3v) is 7.35. The number of nitro benzene ring substituents is 1. The molecule has 0 N–H and O–H groups in total. The number of hydrogen-bond donors (Lipinski definition) is 0. The monoisotopic (exact) mass is 555 g/mol. The van der Waals surface area contributed by atoms with Crippen molar-refractivity contribution in [2.75, 3.05) is 6.61 Å². The highest BCUT2D eigenvalue weighted by molar-refractivity contribution is 7.07. The lowest BCUT2D eigenvalue weighted by atomic mass is 9.96. The number of carbonyl (C=O) groups excluding carboxylic acids is 1. The van der Waals surface area contributed by atoms with Gasteiger partial charge in [0.1, 0.15) is 12.4 Å². The Kier molecular flexibility index (Phi) is 7.70. The van der Waals surface area contributed by atoms with E-state index in [2.05, 4.69) is 4.99 Å². The molecule has 0 radical (unpaired) electrons. The van der Waals surface area contributed by atoms with Crippen molar-refractivity contribution in [1.82, 2.24) is 4.57 Å². The number of allylic oxidation sites excluding steroid dienone is 1. The van der Waals surface area contributed by atoms with Crippen LogP contribution in [-0.2, 0) is 16.1 Å². The highest BCUT2D eigenvalue weighted by atomic mass is 32.1. The number of nitro groups is 1. The molecule has 202 valence electrons. The van der Waals surface area contributed by atoms with E-state index >= 15 is 0 Å². The Bertz CT molecular complexity index is 1770. The Morgan fingerprint density at radius 2 is 1.77 bits per heavy atom. The standard InChI is InChI=1S/C30H25N3O6S/c1-3-38-29(35)26-19(2)31-30-32(27(26)22-7-5-4-6-8-22)28(34)25(40-30)17-20-11-15-24(16-12-20)39-18-21-9-13-23(14-10-21)33(36)37/h4-17,27H,3,18H2,1-2H3. The van der Waals surface area contributed by atoms with Crippen molar-refractivity contribution in [3.8, 4) is 5.75 Å². The predicted octanol–water partition coefficient (Wildman–Crippen LogP) is 4.29. The van der Waals surface area contributed by atoms with Crippen LogP contribution in [0.25, 0.3) is 6.08 Å². The minimum Gasteiger partial charge on any atom is -0.489 e. The molecule has 3 aromatic carbocycles. The van der Waals surface area contributed by atoms with Gasteiger partial charge >= 0.3 is 5.97 Å². The number of aromatic nitrogens is 1. The van der Waals surface area contributed by atoms with Gasteiger partial charge in [-0.05, 0) is 60.9 Å². The van der Waals surface area contributed by atoms with Gasteiger partial charge in [0.25, 0.3) is 11.2 Å². The quantitative estimate of drug-likeness (QED) is 0.182. The fraction of sp³-hybridized carbons (Fsp3) is 0.167. The second-order valence-corrected chi connectivity index (χ2v) is 10.0. The van der Waals surface area contributed by atoms with Gasteiger partial charge in [0.2, 0.25) is 0 Å². The van der Waals surface area contributed by atoms with E-state index in [1.807, 2.05) is 42.5 Å². The van der Waals surface area contributed by atoms with Crippen molar-refractivity contribution in [2.24, 2.45) is 4.99 Å². The molecule has 0 amide bonds. The Hall–Kier alpha value is -4.83. The Labute approximate surface area is 233 Å². The number of hydrogen-bond acceptors (Lipinski definition) is 8. The molecule has 0 saturated heterocycles. The van der Waals surface area contributed by atoms with Gasteiger partial charge in [-0.3, -0.25) is 19.5 Å². The summed E-state index contributed by atoms with van der Waals surface area (Å²) < 4.78 is 13.2. The van der Waals surface area contributed by atoms with Gasteiger partial charge in [0.05, 0.1) is 33.4 Å². The van der Waals surface area contributed by atoms with Gasteiger partial charge < -0.3 is 9.47 Å². The molecule has 1 atom stereocenters. The maximum atomic E-state index is 13.7. The number of nitrogens with zero attached hydrogens (tertiary/aromatic N) is 3. The van der Waals surface area contributed by atoms with Crippen molar-refractivity contribution >= 4 is 29.1 Å². The number of benzene rings is 3. The number of ether oxygens (including phenoxy) is 2. The minimum atomic E-state index is -0.645. The van der Waals surface area contributed by atoms with Crippen molar-refractivity contribution in [2.45, 2.75) is 26.5 Å². The fourth-order valence-corrected chi connectivity index (χ4v) is 5.48. The summed E-state index contributed by atoms with van der Waals surface area (Å²) in [5.74, 6) is 0.131. The largest absolute Gasteiger partial charge is 0.489 e. The first-order chi connectivity index (χ1) is 19.4. The second kappa shape index (κ2) is 11.5. The van der Waals surface area contributed by atoms with Gasteiger partial charge in [-0.25, -0.2) is 9.79 Å². The van der Waals surface area contributed by atoms with Crippen molar-refractivity contribution in [1.29, 1.82) is 0 Å². The van der Waals surface area contributed by atoms with Crippen LogP contribution < -0.4 is 19.6 Å². The van der Waals surface area contributed by atoms with Gasteiger partial charge in [0.15, 0.2) is 4.80 Å². The molecule has 40 heavy (non-hydrogen) atoms. The second-order valence-electron chi connectivity index (χ2n) is 8.99. The van der Waals surface area contributed by atoms with Crippen LogP contribution in [0.2, 0.25) is 0 Å². The summed E-state index contributed by atoms with van der Waals surface area (Å²) in [5, 5.41) is 10.8. The average molecular weight is 556 g/mol. The van der Waals surface area contributed by atoms with Crippen molar-refractivity contribution < 1.29 is 19.2 Å². The zero-order chi connectivity index (χ0) is 28.2. The fourth-order valence-electron chi connectivity index (χ4n) is 4.43. The van der Waals surface area contributed by atoms with E-state index in [4.69, 9.17) is 9.47 Å². The molecule has 9 nitrogen and oxygen atoms in total. The number of rotatable bonds is 8. The summed E-state index contributed by atoms with van der Waals surface area (Å²) >= 11 is 1.26. The van der Waals surface area contributed by atoms with Crippen molar-refractivity contribution in [3.05, 3.63) is 137 Å². The van der Waals surface area contributed by atoms with Crippen LogP contribution in [0.15, 0.2) is 99.9 Å². The van der Waals surface area contributed by atoms with Gasteiger partial charge in [-0.15, -0.1) is 0 Å². The maximum Gasteiger partial charge on any atom is 0.338 e. The Morgan fingerprint density at radius 1 is 1.07 bits per heavy atom. The lowest BCUT2D eigenvalue weighted by Crippen LogP contribution is -2.39. The molecule has 0 bridgehead atoms. The summed E-state index contributed by atoms with van der Waals surface area (Å²) in [7, 11) is 0. The molecule has 1 unspecified atom stereocenters. The van der Waals surface area contributed by atoms with E-state index < -0.39 is 16.9 Å². The minimum absolute atomic E-state index is 0.0285. The zero-order valence-electron chi connectivity index (χ0n) is 21.8. The Balaban J connectivity index is 1.43. The molecular weight excluding hydrogens is 530 g/mol. The number of fused-ring (bicyclic) bond motifs is 1. The van der Waals surface area contributed by atoms with Gasteiger partial charge in [-0.1, -0.05) is 53.8 Å². The SMILES string of the molecule is CCOC(=O)C1=C(C)N=c2sc(=Cc3ccc(OCc4ccc([N+](=O)[O-])cc4)cc3)c(=O)n2C1c1ccccc1. The van der Waals surface area contributed by atoms with Crippen molar-refractivity contribution in [3.63, 3.8) is 0 Å². The average Bonchev–Trinajstić information content (AvgIpc) is 3.26. The summed E-state index contributed by atoms with van der Waals surface area (Å²) in [6.07, 6.45) is 1.79. The van der Waals surface area contributed by atoms with E-state index in [9.17, 15) is 19.7 Å². The van der Waals surface area contributed by atoms with Crippen LogP contribution in [0.5, 0.6) is 5.75 Å². The molecule has 2 heterocycles. The van der Waals surface area contributed by atoms with E-state index in [1.165, 1.54) is 23.5 Å². The number of esters is 1. The highest BCUT2D eigenvalue weighted by Crippen LogP contribution is 2.30. The van der Waals surface area contributed by atoms with Crippen LogP contribution in [0.1, 0.15) is 36.6 Å². The molecule has 1 aromatic heterocycles. The highest BCUT2D eigenvalue weighted by Gasteiger charge is 2.33. The first-order valence-electron chi connectivity index (χ1n) is 12.6. The predicted molar refractivity (Wildman–Crippen MR) is 151 cm³/mol. The lowest BCUT2D eigenvalue weighted by molar-refractivity contribution is -0.384. The summed E-state index contributed by atoms with van der Waals surface area (Å²) in [6, 6.07) is 22.2. The number of carbonyl (C=O) groups is 1. The van der Waals surface area contributed by atoms with E-state index in [-0.39, 0.29) is 24.5 Å². The lowest BCUT2D eigenvalue weighted by Gasteiger charge is -2.24. The molecule has 5 rings (SSSR count). The van der Waals surface area contributed by atoms with E-state index in [0.29, 0.717) is 26.4 Å². The van der Waals surface area contributed by atoms with Gasteiger partial charge in [-0.2, -0.15) is 0 Å². The van der Waals surface area contributed by atoms with E-state index in [0.717, 1.165) is 16.7 Å². The third-order valence-electron chi connectivity index (χ3n) is 6.36. The molecule has 0 spiro atoms. The molecular formula is C30H25N3O6S. The molecule has 0 aliphatic carbocycles. The first kappa shape index (κ1) is 26.8. The molecule has 10 heteroatoms. The number of non-ortho nitro benzene ring substituents is 1. The van der Waals surface area contributed by atoms with Crippen LogP contribution in [0.3, 0.4) is 0 Å².